The van der Waals surface area contributed by atoms with Crippen LogP contribution in [0.5, 0.6) is 0 Å². The van der Waals surface area contributed by atoms with Gasteiger partial charge >= 0.3 is 0 Å². The van der Waals surface area contributed by atoms with Gasteiger partial charge in [-0.15, -0.1) is 0 Å². The molecule has 2 fully saturated rings. The third-order valence-electron chi connectivity index (χ3n) is 5.86. The van der Waals surface area contributed by atoms with Crippen molar-refractivity contribution >= 4 is 5.95 Å². The van der Waals surface area contributed by atoms with Gasteiger partial charge in [0.05, 0.1) is 12.2 Å². The van der Waals surface area contributed by atoms with E-state index in [-0.39, 0.29) is 23.8 Å². The lowest BCUT2D eigenvalue weighted by Crippen LogP contribution is -2.66. The van der Waals surface area contributed by atoms with Gasteiger partial charge in [-0.25, -0.2) is 23.4 Å². The maximum atomic E-state index is 13.2. The van der Waals surface area contributed by atoms with Crippen LogP contribution >= 0.6 is 0 Å². The van der Waals surface area contributed by atoms with Crippen LogP contribution in [0.2, 0.25) is 0 Å². The number of halogens is 2. The second kappa shape index (κ2) is 6.68. The average molecular weight is 409 g/mol. The predicted molar refractivity (Wildman–Crippen MR) is 109 cm³/mol. The Morgan fingerprint density at radius 1 is 1.00 bits per heavy atom. The summed E-state index contributed by atoms with van der Waals surface area (Å²) in [6.07, 6.45) is 3.24. The van der Waals surface area contributed by atoms with Crippen molar-refractivity contribution in [1.29, 1.82) is 0 Å². The summed E-state index contributed by atoms with van der Waals surface area (Å²) in [4.78, 5) is 22.9. The van der Waals surface area contributed by atoms with Crippen molar-refractivity contribution in [1.82, 2.24) is 19.7 Å². The Hall–Kier alpha value is -3.16. The smallest absolute Gasteiger partial charge is 0.267 e. The van der Waals surface area contributed by atoms with E-state index in [0.717, 1.165) is 11.1 Å². The number of aromatic nitrogens is 4. The van der Waals surface area contributed by atoms with Gasteiger partial charge in [0.15, 0.2) is 0 Å². The predicted octanol–water partition coefficient (Wildman–Crippen LogP) is 3.29. The Morgan fingerprint density at radius 3 is 2.30 bits per heavy atom. The minimum Gasteiger partial charge on any atom is -0.340 e. The number of rotatable bonds is 4. The van der Waals surface area contributed by atoms with Gasteiger partial charge in [0, 0.05) is 55.4 Å². The zero-order valence-corrected chi connectivity index (χ0v) is 16.6. The molecular formula is C22H21F2N5O. The van der Waals surface area contributed by atoms with Crippen molar-refractivity contribution in [3.8, 4) is 11.3 Å². The molecule has 1 aromatic carbocycles. The van der Waals surface area contributed by atoms with Crippen LogP contribution in [0.15, 0.2) is 53.6 Å². The van der Waals surface area contributed by atoms with Crippen LogP contribution in [-0.4, -0.2) is 38.8 Å². The number of aryl methyl sites for hydroxylation is 1. The molecule has 0 atom stereocenters. The number of nitrogens with zero attached hydrogens (tertiary/aromatic N) is 5. The molecule has 5 rings (SSSR count). The molecule has 0 unspecified atom stereocenters. The number of anilines is 1. The fraction of sp³-hybridized carbons (Fsp3) is 0.364. The normalized spacial score (nSPS) is 18.7. The minimum atomic E-state index is -2.51. The highest BCUT2D eigenvalue weighted by Crippen LogP contribution is 2.57. The van der Waals surface area contributed by atoms with Crippen LogP contribution in [0.4, 0.5) is 14.7 Å². The third kappa shape index (κ3) is 3.46. The van der Waals surface area contributed by atoms with Crippen molar-refractivity contribution in [2.24, 2.45) is 5.41 Å². The average Bonchev–Trinajstić information content (AvgIpc) is 2.67. The molecule has 2 aliphatic rings. The van der Waals surface area contributed by atoms with E-state index in [1.807, 2.05) is 36.1 Å². The second-order valence-electron chi connectivity index (χ2n) is 8.54. The molecule has 0 bridgehead atoms. The Morgan fingerprint density at radius 2 is 1.67 bits per heavy atom. The van der Waals surface area contributed by atoms with Crippen molar-refractivity contribution in [2.45, 2.75) is 32.2 Å². The summed E-state index contributed by atoms with van der Waals surface area (Å²) < 4.78 is 27.7. The molecule has 1 saturated heterocycles. The highest BCUT2D eigenvalue weighted by molar-refractivity contribution is 5.57. The molecule has 1 saturated carbocycles. The number of hydrogen-bond donors (Lipinski definition) is 0. The van der Waals surface area contributed by atoms with Gasteiger partial charge in [-0.05, 0) is 18.6 Å². The fourth-order valence-electron chi connectivity index (χ4n) is 4.37. The first-order chi connectivity index (χ1) is 14.3. The summed E-state index contributed by atoms with van der Waals surface area (Å²) in [7, 11) is 0. The first-order valence-electron chi connectivity index (χ1n) is 9.90. The Bertz CT molecular complexity index is 1130. The second-order valence-corrected chi connectivity index (χ2v) is 8.54. The summed E-state index contributed by atoms with van der Waals surface area (Å²) in [6, 6.07) is 11.1. The highest BCUT2D eigenvalue weighted by atomic mass is 19.3. The van der Waals surface area contributed by atoms with Crippen molar-refractivity contribution < 1.29 is 8.78 Å². The van der Waals surface area contributed by atoms with Crippen molar-refractivity contribution in [3.63, 3.8) is 0 Å². The van der Waals surface area contributed by atoms with E-state index < -0.39 is 5.92 Å². The zero-order chi connectivity index (χ0) is 20.9. The summed E-state index contributed by atoms with van der Waals surface area (Å²) in [5.74, 6) is -1.97. The summed E-state index contributed by atoms with van der Waals surface area (Å²) in [5.41, 5.74) is 3.00. The van der Waals surface area contributed by atoms with E-state index in [9.17, 15) is 13.6 Å². The molecule has 8 heteroatoms. The van der Waals surface area contributed by atoms with E-state index >= 15 is 0 Å². The van der Waals surface area contributed by atoms with Gasteiger partial charge in [0.25, 0.3) is 5.56 Å². The largest absolute Gasteiger partial charge is 0.340 e. The van der Waals surface area contributed by atoms with Crippen LogP contribution in [0.1, 0.15) is 24.0 Å². The van der Waals surface area contributed by atoms with Gasteiger partial charge in [-0.3, -0.25) is 4.79 Å². The lowest BCUT2D eigenvalue weighted by Gasteiger charge is -2.58. The lowest BCUT2D eigenvalue weighted by atomic mass is 9.61. The van der Waals surface area contributed by atoms with E-state index in [4.69, 9.17) is 0 Å². The van der Waals surface area contributed by atoms with Crippen molar-refractivity contribution in [3.05, 3.63) is 70.3 Å². The van der Waals surface area contributed by atoms with E-state index in [1.54, 1.807) is 18.5 Å². The molecule has 2 aromatic heterocycles. The molecule has 0 amide bonds. The van der Waals surface area contributed by atoms with Crippen LogP contribution in [-0.2, 0) is 6.54 Å². The molecule has 1 aliphatic carbocycles. The molecule has 1 aliphatic heterocycles. The Kier molecular flexibility index (Phi) is 4.20. The van der Waals surface area contributed by atoms with E-state index in [1.165, 1.54) is 10.7 Å². The minimum absolute atomic E-state index is 0.0406. The van der Waals surface area contributed by atoms with Crippen LogP contribution in [0.3, 0.4) is 0 Å². The maximum absolute atomic E-state index is 13.2. The lowest BCUT2D eigenvalue weighted by molar-refractivity contribution is -0.170. The van der Waals surface area contributed by atoms with Gasteiger partial charge in [0.1, 0.15) is 0 Å². The van der Waals surface area contributed by atoms with Gasteiger partial charge < -0.3 is 4.90 Å². The van der Waals surface area contributed by atoms with Gasteiger partial charge in [-0.1, -0.05) is 29.8 Å². The molecule has 1 spiro atoms. The van der Waals surface area contributed by atoms with Crippen LogP contribution < -0.4 is 10.5 Å². The highest BCUT2D eigenvalue weighted by Gasteiger charge is 2.62. The van der Waals surface area contributed by atoms with Crippen molar-refractivity contribution in [2.75, 3.05) is 18.0 Å². The standard InChI is InChI=1S/C22H21F2N5O/c1-15-2-4-16(5-3-15)10-29-19(30)7-6-18(27-29)17-8-25-20(26-9-17)28-13-21(14-28)11-22(23,24)12-21/h2-9H,10-14H2,1H3. The molecule has 154 valence electrons. The summed E-state index contributed by atoms with van der Waals surface area (Å²) >= 11 is 0. The fourth-order valence-corrected chi connectivity index (χ4v) is 4.37. The monoisotopic (exact) mass is 409 g/mol. The molecular weight excluding hydrogens is 388 g/mol. The molecule has 3 aromatic rings. The molecule has 3 heterocycles. The quantitative estimate of drug-likeness (QED) is 0.662. The van der Waals surface area contributed by atoms with Crippen LogP contribution in [0, 0.1) is 12.3 Å². The first kappa shape index (κ1) is 18.8. The Labute approximate surface area is 172 Å². The molecule has 0 radical (unpaired) electrons. The van der Waals surface area contributed by atoms with Gasteiger partial charge in [0.2, 0.25) is 11.9 Å². The number of hydrogen-bond acceptors (Lipinski definition) is 5. The topological polar surface area (TPSA) is 63.9 Å². The van der Waals surface area contributed by atoms with E-state index in [0.29, 0.717) is 36.8 Å². The van der Waals surface area contributed by atoms with Crippen LogP contribution in [0.25, 0.3) is 11.3 Å². The SMILES string of the molecule is Cc1ccc(Cn2nc(-c3cnc(N4CC5(C4)CC(F)(F)C5)nc3)ccc2=O)cc1. The summed E-state index contributed by atoms with van der Waals surface area (Å²) in [5, 5.41) is 4.46. The maximum Gasteiger partial charge on any atom is 0.267 e. The van der Waals surface area contributed by atoms with E-state index in [2.05, 4.69) is 15.1 Å². The summed E-state index contributed by atoms with van der Waals surface area (Å²) in [6.45, 7) is 3.54. The number of benzene rings is 1. The zero-order valence-electron chi connectivity index (χ0n) is 16.6. The Balaban J connectivity index is 1.30. The molecule has 0 N–H and O–H groups in total. The molecule has 30 heavy (non-hydrogen) atoms. The first-order valence-corrected chi connectivity index (χ1v) is 9.90. The molecule has 6 nitrogen and oxygen atoms in total. The third-order valence-corrected chi connectivity index (χ3v) is 5.86. The number of alkyl halides is 2. The van der Waals surface area contributed by atoms with Gasteiger partial charge in [-0.2, -0.15) is 5.10 Å².